The molecule has 0 unspecified atom stereocenters. The van der Waals surface area contributed by atoms with Crippen LogP contribution in [0, 0.1) is 0 Å². The van der Waals surface area contributed by atoms with Gasteiger partial charge in [0.05, 0.1) is 13.3 Å². The average Bonchev–Trinajstić information content (AvgIpc) is 2.70. The second-order valence-electron chi connectivity index (χ2n) is 4.03. The van der Waals surface area contributed by atoms with Gasteiger partial charge < -0.3 is 10.5 Å². The molecule has 5 nitrogen and oxygen atoms in total. The highest BCUT2D eigenvalue weighted by Gasteiger charge is 2.17. The highest BCUT2D eigenvalue weighted by Crippen LogP contribution is 2.19. The lowest BCUT2D eigenvalue weighted by Crippen LogP contribution is -2.11. The van der Waals surface area contributed by atoms with E-state index in [1.54, 1.807) is 19.2 Å². The molecule has 2 rings (SSSR count). The number of Topliss-reactive ketones (excluding diaryl/α,β-unsaturated/α-hetero) is 1. The Hall–Kier alpha value is -2.30. The number of nitrogens with two attached hydrogens (primary N) is 1. The quantitative estimate of drug-likeness (QED) is 0.653. The summed E-state index contributed by atoms with van der Waals surface area (Å²) in [5.41, 5.74) is 7.69. The summed E-state index contributed by atoms with van der Waals surface area (Å²) in [6, 6.07) is 7.29. The molecular formula is C13H15N3O2. The van der Waals surface area contributed by atoms with Crippen molar-refractivity contribution < 1.29 is 9.53 Å². The number of nitrogens with zero attached hydrogens (tertiary/aromatic N) is 2. The van der Waals surface area contributed by atoms with Crippen molar-refractivity contribution >= 4 is 11.5 Å². The van der Waals surface area contributed by atoms with Crippen LogP contribution in [-0.2, 0) is 13.5 Å². The maximum atomic E-state index is 12.2. The number of anilines is 1. The molecule has 0 fully saturated rings. The number of rotatable bonds is 4. The highest BCUT2D eigenvalue weighted by atomic mass is 16.5. The summed E-state index contributed by atoms with van der Waals surface area (Å²) in [5, 5.41) is 4.01. The van der Waals surface area contributed by atoms with E-state index in [4.69, 9.17) is 10.5 Å². The number of ketones is 1. The first-order valence-electron chi connectivity index (χ1n) is 5.55. The van der Waals surface area contributed by atoms with E-state index in [0.29, 0.717) is 17.1 Å². The lowest BCUT2D eigenvalue weighted by Gasteiger charge is -2.05. The van der Waals surface area contributed by atoms with E-state index in [1.165, 1.54) is 18.0 Å². The number of hydrogen-bond donors (Lipinski definition) is 1. The normalized spacial score (nSPS) is 10.3. The van der Waals surface area contributed by atoms with Crippen molar-refractivity contribution in [1.29, 1.82) is 0 Å². The molecule has 0 spiro atoms. The van der Waals surface area contributed by atoms with Crippen molar-refractivity contribution in [2.75, 3.05) is 12.8 Å². The molecule has 2 aromatic rings. The van der Waals surface area contributed by atoms with E-state index in [1.807, 2.05) is 12.1 Å². The van der Waals surface area contributed by atoms with E-state index in [2.05, 4.69) is 5.10 Å². The van der Waals surface area contributed by atoms with Crippen LogP contribution >= 0.6 is 0 Å². The van der Waals surface area contributed by atoms with Gasteiger partial charge in [0.15, 0.2) is 11.5 Å². The second kappa shape index (κ2) is 4.91. The van der Waals surface area contributed by atoms with E-state index >= 15 is 0 Å². The van der Waals surface area contributed by atoms with E-state index < -0.39 is 0 Å². The number of carbonyl (C=O) groups excluding carboxylic acids is 1. The molecule has 18 heavy (non-hydrogen) atoms. The summed E-state index contributed by atoms with van der Waals surface area (Å²) in [4.78, 5) is 12.2. The van der Waals surface area contributed by atoms with Gasteiger partial charge in [0.2, 0.25) is 0 Å². The summed E-state index contributed by atoms with van der Waals surface area (Å²) in [6.45, 7) is 0. The van der Waals surface area contributed by atoms with Crippen molar-refractivity contribution in [2.24, 2.45) is 7.05 Å². The molecule has 0 amide bonds. The summed E-state index contributed by atoms with van der Waals surface area (Å²) in [5.74, 6) is 0.448. The van der Waals surface area contributed by atoms with Crippen molar-refractivity contribution in [1.82, 2.24) is 9.78 Å². The molecule has 0 aliphatic rings. The van der Waals surface area contributed by atoms with Crippen LogP contribution in [-0.4, -0.2) is 22.7 Å². The Morgan fingerprint density at radius 2 is 2.28 bits per heavy atom. The van der Waals surface area contributed by atoms with Crippen LogP contribution in [0.5, 0.6) is 5.75 Å². The van der Waals surface area contributed by atoms with Crippen molar-refractivity contribution in [3.8, 4) is 5.75 Å². The first-order chi connectivity index (χ1) is 8.61. The van der Waals surface area contributed by atoms with Gasteiger partial charge in [-0.3, -0.25) is 9.48 Å². The zero-order valence-electron chi connectivity index (χ0n) is 10.4. The molecule has 0 radical (unpaired) electrons. The molecular weight excluding hydrogens is 230 g/mol. The fourth-order valence-corrected chi connectivity index (χ4v) is 1.86. The first-order valence-corrected chi connectivity index (χ1v) is 5.55. The molecule has 5 heteroatoms. The van der Waals surface area contributed by atoms with Crippen molar-refractivity contribution in [3.05, 3.63) is 41.7 Å². The van der Waals surface area contributed by atoms with E-state index in [-0.39, 0.29) is 12.2 Å². The lowest BCUT2D eigenvalue weighted by molar-refractivity contribution is 0.0981. The number of ether oxygens (including phenoxy) is 1. The summed E-state index contributed by atoms with van der Waals surface area (Å²) >= 11 is 0. The third-order valence-electron chi connectivity index (χ3n) is 2.70. The molecule has 0 aliphatic heterocycles. The monoisotopic (exact) mass is 245 g/mol. The maximum Gasteiger partial charge on any atom is 0.189 e. The number of methoxy groups -OCH3 is 1. The van der Waals surface area contributed by atoms with Gasteiger partial charge in [0, 0.05) is 19.2 Å². The molecule has 1 heterocycles. The van der Waals surface area contributed by atoms with Crippen LogP contribution < -0.4 is 10.5 Å². The Labute approximate surface area is 105 Å². The third-order valence-corrected chi connectivity index (χ3v) is 2.70. The fourth-order valence-electron chi connectivity index (χ4n) is 1.86. The number of nitrogen functional groups attached to an aromatic ring is 1. The first kappa shape index (κ1) is 12.2. The molecule has 0 atom stereocenters. The number of benzene rings is 1. The van der Waals surface area contributed by atoms with Gasteiger partial charge in [-0.2, -0.15) is 5.10 Å². The van der Waals surface area contributed by atoms with Gasteiger partial charge in [-0.1, -0.05) is 12.1 Å². The smallest absolute Gasteiger partial charge is 0.189 e. The molecule has 0 bridgehead atoms. The average molecular weight is 245 g/mol. The number of aromatic nitrogens is 2. The van der Waals surface area contributed by atoms with Crippen LogP contribution in [0.4, 0.5) is 5.69 Å². The Morgan fingerprint density at radius 3 is 2.94 bits per heavy atom. The Balaban J connectivity index is 2.24. The van der Waals surface area contributed by atoms with Gasteiger partial charge >= 0.3 is 0 Å². The largest absolute Gasteiger partial charge is 0.493 e. The minimum absolute atomic E-state index is 0.0440. The SMILES string of the molecule is COc1cnn(C)c1C(=O)Cc1cccc(N)c1. The van der Waals surface area contributed by atoms with Crippen LogP contribution in [0.1, 0.15) is 16.1 Å². The third kappa shape index (κ3) is 2.34. The maximum absolute atomic E-state index is 12.2. The van der Waals surface area contributed by atoms with Gasteiger partial charge in [-0.15, -0.1) is 0 Å². The summed E-state index contributed by atoms with van der Waals surface area (Å²) < 4.78 is 6.64. The lowest BCUT2D eigenvalue weighted by atomic mass is 10.1. The van der Waals surface area contributed by atoms with Crippen LogP contribution in [0.15, 0.2) is 30.5 Å². The van der Waals surface area contributed by atoms with E-state index in [0.717, 1.165) is 5.56 Å². The number of hydrogen-bond acceptors (Lipinski definition) is 4. The molecule has 1 aromatic carbocycles. The Kier molecular flexibility index (Phi) is 3.32. The summed E-state index contributed by atoms with van der Waals surface area (Å²) in [7, 11) is 3.24. The zero-order chi connectivity index (χ0) is 13.1. The minimum atomic E-state index is -0.0440. The van der Waals surface area contributed by atoms with Crippen LogP contribution in [0.25, 0.3) is 0 Å². The Bertz CT molecular complexity index is 575. The van der Waals surface area contributed by atoms with Gasteiger partial charge in [0.1, 0.15) is 5.69 Å². The Morgan fingerprint density at radius 1 is 1.50 bits per heavy atom. The van der Waals surface area contributed by atoms with Crippen LogP contribution in [0.3, 0.4) is 0 Å². The van der Waals surface area contributed by atoms with Crippen molar-refractivity contribution in [2.45, 2.75) is 6.42 Å². The van der Waals surface area contributed by atoms with Gasteiger partial charge in [-0.25, -0.2) is 0 Å². The van der Waals surface area contributed by atoms with Crippen molar-refractivity contribution in [3.63, 3.8) is 0 Å². The molecule has 0 aliphatic carbocycles. The predicted octanol–water partition coefficient (Wildman–Crippen LogP) is 1.44. The standard InChI is InChI=1S/C13H15N3O2/c1-16-13(12(18-2)8-15-16)11(17)7-9-4-3-5-10(14)6-9/h3-6,8H,7,14H2,1-2H3. The van der Waals surface area contributed by atoms with Crippen LogP contribution in [0.2, 0.25) is 0 Å². The fraction of sp³-hybridized carbons (Fsp3) is 0.231. The molecule has 94 valence electrons. The zero-order valence-corrected chi connectivity index (χ0v) is 10.4. The van der Waals surface area contributed by atoms with Gasteiger partial charge in [-0.05, 0) is 17.7 Å². The minimum Gasteiger partial charge on any atom is -0.493 e. The number of carbonyl (C=O) groups is 1. The highest BCUT2D eigenvalue weighted by molar-refractivity contribution is 5.98. The second-order valence-corrected chi connectivity index (χ2v) is 4.03. The molecule has 0 saturated heterocycles. The summed E-state index contributed by atoms with van der Waals surface area (Å²) in [6.07, 6.45) is 1.81. The number of aryl methyl sites for hydroxylation is 1. The molecule has 0 saturated carbocycles. The predicted molar refractivity (Wildman–Crippen MR) is 68.6 cm³/mol. The topological polar surface area (TPSA) is 70.1 Å². The van der Waals surface area contributed by atoms with Gasteiger partial charge in [0.25, 0.3) is 0 Å². The molecule has 2 N–H and O–H groups in total. The van der Waals surface area contributed by atoms with E-state index in [9.17, 15) is 4.79 Å². The molecule has 1 aromatic heterocycles.